The number of hydrogen-bond acceptors (Lipinski definition) is 8. The molecule has 162 valence electrons. The topological polar surface area (TPSA) is 107 Å². The summed E-state index contributed by atoms with van der Waals surface area (Å²) in [4.78, 5) is 26.2. The second-order valence-electron chi connectivity index (χ2n) is 7.71. The highest BCUT2D eigenvalue weighted by atomic mass is 35.5. The molecule has 2 atom stereocenters. The van der Waals surface area contributed by atoms with Gasteiger partial charge in [-0.2, -0.15) is 5.10 Å². The zero-order valence-corrected chi connectivity index (χ0v) is 18.1. The SMILES string of the molecule is COc1ccc(C(=O)N2CC3CN(c4ncc(Cl)c(C)n4)CC3C2)c(N/N=C\C=N)c1. The molecule has 2 aromatic rings. The fraction of sp³-hybridized carbons (Fsp3) is 0.381. The van der Waals surface area contributed by atoms with Crippen LogP contribution in [0.4, 0.5) is 11.6 Å². The number of halogens is 1. The zero-order valence-electron chi connectivity index (χ0n) is 17.4. The number of likely N-dealkylation sites (tertiary alicyclic amines) is 1. The molecule has 9 nitrogen and oxygen atoms in total. The molecule has 31 heavy (non-hydrogen) atoms. The van der Waals surface area contributed by atoms with Gasteiger partial charge in [-0.1, -0.05) is 11.6 Å². The highest BCUT2D eigenvalue weighted by Gasteiger charge is 2.42. The molecule has 2 unspecified atom stereocenters. The minimum absolute atomic E-state index is 0.0465. The minimum atomic E-state index is -0.0465. The molecule has 0 radical (unpaired) electrons. The van der Waals surface area contributed by atoms with Gasteiger partial charge in [-0.15, -0.1) is 0 Å². The lowest BCUT2D eigenvalue weighted by molar-refractivity contribution is 0.0783. The molecule has 1 aromatic heterocycles. The van der Waals surface area contributed by atoms with Gasteiger partial charge in [0.05, 0.1) is 41.5 Å². The molecule has 10 heteroatoms. The highest BCUT2D eigenvalue weighted by molar-refractivity contribution is 6.31. The maximum absolute atomic E-state index is 13.3. The van der Waals surface area contributed by atoms with Crippen molar-refractivity contribution in [2.75, 3.05) is 43.6 Å². The Bertz CT molecular complexity index is 1010. The maximum Gasteiger partial charge on any atom is 0.256 e. The van der Waals surface area contributed by atoms with E-state index in [1.165, 1.54) is 6.21 Å². The second kappa shape index (κ2) is 8.89. The average molecular weight is 442 g/mol. The zero-order chi connectivity index (χ0) is 22.0. The van der Waals surface area contributed by atoms with Crippen LogP contribution in [0.1, 0.15) is 16.1 Å². The number of fused-ring (bicyclic) bond motifs is 1. The van der Waals surface area contributed by atoms with Crippen molar-refractivity contribution < 1.29 is 9.53 Å². The van der Waals surface area contributed by atoms with E-state index in [1.807, 2.05) is 11.8 Å². The summed E-state index contributed by atoms with van der Waals surface area (Å²) < 4.78 is 5.26. The summed E-state index contributed by atoms with van der Waals surface area (Å²) in [6.07, 6.45) is 4.01. The molecule has 2 fully saturated rings. The van der Waals surface area contributed by atoms with Gasteiger partial charge in [0.2, 0.25) is 5.95 Å². The lowest BCUT2D eigenvalue weighted by Crippen LogP contribution is -2.34. The first-order chi connectivity index (χ1) is 15.0. The monoisotopic (exact) mass is 441 g/mol. The van der Waals surface area contributed by atoms with Crippen molar-refractivity contribution in [1.82, 2.24) is 14.9 Å². The molecule has 0 spiro atoms. The first-order valence-corrected chi connectivity index (χ1v) is 10.4. The van der Waals surface area contributed by atoms with Gasteiger partial charge in [0, 0.05) is 50.3 Å². The van der Waals surface area contributed by atoms with Crippen molar-refractivity contribution in [2.45, 2.75) is 6.92 Å². The Labute approximate surface area is 185 Å². The van der Waals surface area contributed by atoms with Crippen molar-refractivity contribution in [1.29, 1.82) is 5.41 Å². The van der Waals surface area contributed by atoms with Crippen molar-refractivity contribution in [3.63, 3.8) is 0 Å². The van der Waals surface area contributed by atoms with Crippen LogP contribution in [0.2, 0.25) is 5.02 Å². The van der Waals surface area contributed by atoms with Crippen LogP contribution in [0, 0.1) is 24.2 Å². The Morgan fingerprint density at radius 3 is 2.71 bits per heavy atom. The quantitative estimate of drug-likeness (QED) is 0.527. The Balaban J connectivity index is 1.46. The smallest absolute Gasteiger partial charge is 0.256 e. The molecule has 4 rings (SSSR count). The number of aromatic nitrogens is 2. The number of nitrogens with one attached hydrogen (secondary N) is 2. The predicted molar refractivity (Wildman–Crippen MR) is 121 cm³/mol. The van der Waals surface area contributed by atoms with Crippen molar-refractivity contribution in [3.05, 3.63) is 40.7 Å². The number of rotatable bonds is 6. The van der Waals surface area contributed by atoms with Crippen LogP contribution in [-0.4, -0.2) is 66.5 Å². The van der Waals surface area contributed by atoms with E-state index >= 15 is 0 Å². The van der Waals surface area contributed by atoms with Gasteiger partial charge in [-0.05, 0) is 19.1 Å². The van der Waals surface area contributed by atoms with Crippen LogP contribution in [0.5, 0.6) is 5.75 Å². The number of ether oxygens (including phenoxy) is 1. The Kier molecular flexibility index (Phi) is 6.03. The first-order valence-electron chi connectivity index (χ1n) is 9.99. The van der Waals surface area contributed by atoms with Gasteiger partial charge < -0.3 is 19.9 Å². The maximum atomic E-state index is 13.3. The van der Waals surface area contributed by atoms with Gasteiger partial charge in [-0.3, -0.25) is 10.2 Å². The summed E-state index contributed by atoms with van der Waals surface area (Å²) in [5.74, 6) is 2.01. The summed E-state index contributed by atoms with van der Waals surface area (Å²) in [5, 5.41) is 11.6. The molecule has 2 aliphatic rings. The normalized spacial score (nSPS) is 20.2. The molecule has 0 saturated carbocycles. The average Bonchev–Trinajstić information content (AvgIpc) is 3.35. The van der Waals surface area contributed by atoms with Gasteiger partial charge in [0.1, 0.15) is 5.75 Å². The Hall–Kier alpha value is -3.20. The second-order valence-corrected chi connectivity index (χ2v) is 8.11. The molecule has 1 amide bonds. The number of benzene rings is 1. The predicted octanol–water partition coefficient (Wildman–Crippen LogP) is 2.70. The molecule has 1 aromatic carbocycles. The third kappa shape index (κ3) is 4.32. The standard InChI is InChI=1S/C21H24ClN7O2/c1-13-18(22)8-24-21(26-13)29-11-14-9-28(10-15(14)12-29)20(30)17-4-3-16(31-2)7-19(17)27-25-6-5-23/h3-8,14-15,23,27H,9-12H2,1-2H3/b23-5?,25-6-. The fourth-order valence-electron chi connectivity index (χ4n) is 4.16. The van der Waals surface area contributed by atoms with Crippen LogP contribution >= 0.6 is 11.6 Å². The molecule has 2 aliphatic heterocycles. The number of methoxy groups -OCH3 is 1. The van der Waals surface area contributed by atoms with Crippen LogP contribution in [-0.2, 0) is 0 Å². The summed E-state index contributed by atoms with van der Waals surface area (Å²) in [5.41, 5.74) is 4.68. The number of carbonyl (C=O) groups excluding carboxylic acids is 1. The van der Waals surface area contributed by atoms with Gasteiger partial charge >= 0.3 is 0 Å². The lowest BCUT2D eigenvalue weighted by Gasteiger charge is -2.23. The molecule has 0 aliphatic carbocycles. The number of anilines is 2. The molecule has 2 N–H and O–H groups in total. The minimum Gasteiger partial charge on any atom is -0.497 e. The van der Waals surface area contributed by atoms with E-state index in [2.05, 4.69) is 25.4 Å². The summed E-state index contributed by atoms with van der Waals surface area (Å²) >= 11 is 6.05. The molecular weight excluding hydrogens is 418 g/mol. The summed E-state index contributed by atoms with van der Waals surface area (Å²) in [6.45, 7) is 4.86. The fourth-order valence-corrected chi connectivity index (χ4v) is 4.25. The lowest BCUT2D eigenvalue weighted by atomic mass is 10.0. The summed E-state index contributed by atoms with van der Waals surface area (Å²) in [7, 11) is 1.57. The van der Waals surface area contributed by atoms with Crippen molar-refractivity contribution >= 4 is 41.6 Å². The van der Waals surface area contributed by atoms with Crippen LogP contribution < -0.4 is 15.1 Å². The van der Waals surface area contributed by atoms with E-state index in [9.17, 15) is 4.79 Å². The third-order valence-electron chi connectivity index (χ3n) is 5.75. The molecule has 0 bridgehead atoms. The van der Waals surface area contributed by atoms with E-state index in [0.717, 1.165) is 25.0 Å². The van der Waals surface area contributed by atoms with Gasteiger partial charge in [0.15, 0.2) is 0 Å². The van der Waals surface area contributed by atoms with Gasteiger partial charge in [0.25, 0.3) is 5.91 Å². The Morgan fingerprint density at radius 2 is 2.06 bits per heavy atom. The van der Waals surface area contributed by atoms with Crippen LogP contribution in [0.3, 0.4) is 0 Å². The third-order valence-corrected chi connectivity index (χ3v) is 6.13. The van der Waals surface area contributed by atoms with Crippen LogP contribution in [0.15, 0.2) is 29.5 Å². The number of hydrogen-bond donors (Lipinski definition) is 2. The number of hydrazone groups is 1. The Morgan fingerprint density at radius 1 is 1.32 bits per heavy atom. The molecule has 3 heterocycles. The number of nitrogens with zero attached hydrogens (tertiary/aromatic N) is 5. The van der Waals surface area contributed by atoms with Crippen LogP contribution in [0.25, 0.3) is 0 Å². The van der Waals surface area contributed by atoms with E-state index in [-0.39, 0.29) is 5.91 Å². The largest absolute Gasteiger partial charge is 0.497 e. The van der Waals surface area contributed by atoms with Gasteiger partial charge in [-0.25, -0.2) is 9.97 Å². The number of carbonyl (C=O) groups is 1. The first kappa shape index (κ1) is 21.0. The van der Waals surface area contributed by atoms with Crippen molar-refractivity contribution in [2.24, 2.45) is 16.9 Å². The highest BCUT2D eigenvalue weighted by Crippen LogP contribution is 2.35. The summed E-state index contributed by atoms with van der Waals surface area (Å²) in [6, 6.07) is 5.24. The number of aryl methyl sites for hydroxylation is 1. The van der Waals surface area contributed by atoms with E-state index in [0.29, 0.717) is 52.9 Å². The van der Waals surface area contributed by atoms with Crippen molar-refractivity contribution in [3.8, 4) is 5.75 Å². The number of amides is 1. The molecule has 2 saturated heterocycles. The van der Waals surface area contributed by atoms with E-state index in [4.69, 9.17) is 21.7 Å². The van der Waals surface area contributed by atoms with E-state index in [1.54, 1.807) is 31.5 Å². The molecular formula is C21H24ClN7O2. The van der Waals surface area contributed by atoms with E-state index < -0.39 is 0 Å².